The highest BCUT2D eigenvalue weighted by Crippen LogP contribution is 2.21. The van der Waals surface area contributed by atoms with Gasteiger partial charge in [-0.25, -0.2) is 4.79 Å². The summed E-state index contributed by atoms with van der Waals surface area (Å²) in [6.45, 7) is 1.96. The molecule has 1 aromatic rings. The van der Waals surface area contributed by atoms with Crippen LogP contribution in [0, 0.1) is 6.92 Å². The van der Waals surface area contributed by atoms with Crippen molar-refractivity contribution < 1.29 is 9.90 Å². The van der Waals surface area contributed by atoms with E-state index in [9.17, 15) is 19.5 Å². The van der Waals surface area contributed by atoms with Gasteiger partial charge in [-0.2, -0.15) is 0 Å². The second-order valence-electron chi connectivity index (χ2n) is 4.03. The maximum atomic E-state index is 11.6. The van der Waals surface area contributed by atoms with E-state index in [0.717, 1.165) is 11.0 Å². The minimum Gasteiger partial charge on any atom is -0.494 e. The van der Waals surface area contributed by atoms with Crippen molar-refractivity contribution >= 4 is 5.91 Å². The molecule has 17 heavy (non-hydrogen) atoms. The number of carbonyl (C=O) groups excluding carboxylic acids is 1. The highest BCUT2D eigenvalue weighted by Gasteiger charge is 2.27. The van der Waals surface area contributed by atoms with Crippen LogP contribution in [-0.4, -0.2) is 27.1 Å². The zero-order chi connectivity index (χ0) is 12.6. The zero-order valence-electron chi connectivity index (χ0n) is 9.32. The smallest absolute Gasteiger partial charge is 0.331 e. The van der Waals surface area contributed by atoms with Crippen molar-refractivity contribution in [2.24, 2.45) is 0 Å². The molecule has 1 aliphatic rings. The Kier molecular flexibility index (Phi) is 2.74. The van der Waals surface area contributed by atoms with Crippen molar-refractivity contribution in [2.45, 2.75) is 25.8 Å². The molecule has 7 nitrogen and oxygen atoms in total. The monoisotopic (exact) mass is 239 g/mol. The number of aromatic amines is 1. The van der Waals surface area contributed by atoms with E-state index in [1.165, 1.54) is 6.92 Å². The molecule has 0 spiro atoms. The number of rotatable bonds is 1. The molecule has 92 valence electrons. The minimum absolute atomic E-state index is 0.0305. The van der Waals surface area contributed by atoms with Crippen LogP contribution in [0.25, 0.3) is 0 Å². The topological polar surface area (TPSA) is 104 Å². The molecule has 0 bridgehead atoms. The average molecular weight is 239 g/mol. The van der Waals surface area contributed by atoms with Gasteiger partial charge in [0.25, 0.3) is 5.56 Å². The molecule has 1 fully saturated rings. The molecule has 1 unspecified atom stereocenters. The number of amides is 1. The molecule has 0 radical (unpaired) electrons. The third-order valence-corrected chi connectivity index (χ3v) is 2.91. The van der Waals surface area contributed by atoms with Crippen LogP contribution in [0.1, 0.15) is 24.4 Å². The van der Waals surface area contributed by atoms with Gasteiger partial charge in [0.1, 0.15) is 6.04 Å². The van der Waals surface area contributed by atoms with Gasteiger partial charge in [0, 0.05) is 6.54 Å². The Hall–Kier alpha value is -2.05. The second-order valence-corrected chi connectivity index (χ2v) is 4.03. The molecule has 2 rings (SSSR count). The number of hydrogen-bond donors (Lipinski definition) is 3. The molecule has 1 saturated heterocycles. The lowest BCUT2D eigenvalue weighted by molar-refractivity contribution is -0.126. The third kappa shape index (κ3) is 1.83. The predicted molar refractivity (Wildman–Crippen MR) is 59.0 cm³/mol. The molecule has 2 heterocycles. The van der Waals surface area contributed by atoms with Crippen LogP contribution in [0.2, 0.25) is 0 Å². The largest absolute Gasteiger partial charge is 0.494 e. The van der Waals surface area contributed by atoms with E-state index in [2.05, 4.69) is 10.3 Å². The van der Waals surface area contributed by atoms with Crippen molar-refractivity contribution in [1.82, 2.24) is 14.9 Å². The zero-order valence-corrected chi connectivity index (χ0v) is 9.32. The lowest BCUT2D eigenvalue weighted by atomic mass is 10.1. The second kappa shape index (κ2) is 4.08. The molecule has 1 aliphatic heterocycles. The summed E-state index contributed by atoms with van der Waals surface area (Å²) < 4.78 is 0.936. The van der Waals surface area contributed by atoms with Crippen LogP contribution in [-0.2, 0) is 4.79 Å². The standard InChI is InChI=1S/C10H13N3O4/c1-5-7(14)12-10(17)13(9(5)16)6-3-2-4-11-8(6)15/h6,16H,2-4H2,1H3,(H,11,15)(H,12,14,17). The van der Waals surface area contributed by atoms with Crippen molar-refractivity contribution in [1.29, 1.82) is 0 Å². The van der Waals surface area contributed by atoms with Gasteiger partial charge in [-0.05, 0) is 19.8 Å². The lowest BCUT2D eigenvalue weighted by Gasteiger charge is -2.24. The van der Waals surface area contributed by atoms with Crippen LogP contribution in [0.5, 0.6) is 5.88 Å². The molecule has 0 aromatic carbocycles. The number of nitrogens with one attached hydrogen (secondary N) is 2. The highest BCUT2D eigenvalue weighted by molar-refractivity contribution is 5.81. The molecule has 1 aromatic heterocycles. The number of hydrogen-bond acceptors (Lipinski definition) is 4. The van der Waals surface area contributed by atoms with Crippen molar-refractivity contribution in [3.63, 3.8) is 0 Å². The maximum absolute atomic E-state index is 11.6. The summed E-state index contributed by atoms with van der Waals surface area (Å²) in [6, 6.07) is -0.758. The van der Waals surface area contributed by atoms with Crippen LogP contribution in [0.15, 0.2) is 9.59 Å². The van der Waals surface area contributed by atoms with Crippen molar-refractivity contribution in [3.05, 3.63) is 26.4 Å². The van der Waals surface area contributed by atoms with Gasteiger partial charge in [0.2, 0.25) is 11.8 Å². The summed E-state index contributed by atoms with van der Waals surface area (Å²) in [5, 5.41) is 12.4. The fourth-order valence-corrected chi connectivity index (χ4v) is 1.92. The summed E-state index contributed by atoms with van der Waals surface area (Å²) in [6.07, 6.45) is 1.19. The normalized spacial score (nSPS) is 20.1. The molecule has 7 heteroatoms. The van der Waals surface area contributed by atoms with Gasteiger partial charge >= 0.3 is 5.69 Å². The fraction of sp³-hybridized carbons (Fsp3) is 0.500. The van der Waals surface area contributed by atoms with Gasteiger partial charge in [-0.3, -0.25) is 19.1 Å². The Morgan fingerprint density at radius 1 is 1.35 bits per heavy atom. The molecule has 3 N–H and O–H groups in total. The molecule has 0 aliphatic carbocycles. The van der Waals surface area contributed by atoms with E-state index >= 15 is 0 Å². The minimum atomic E-state index is -0.764. The van der Waals surface area contributed by atoms with Crippen LogP contribution >= 0.6 is 0 Å². The van der Waals surface area contributed by atoms with Crippen molar-refractivity contribution in [3.8, 4) is 5.88 Å². The molecule has 0 saturated carbocycles. The van der Waals surface area contributed by atoms with E-state index in [4.69, 9.17) is 0 Å². The number of aromatic hydroxyl groups is 1. The lowest BCUT2D eigenvalue weighted by Crippen LogP contribution is -2.43. The van der Waals surface area contributed by atoms with Crippen LogP contribution in [0.4, 0.5) is 0 Å². The van der Waals surface area contributed by atoms with E-state index in [1.807, 2.05) is 0 Å². The maximum Gasteiger partial charge on any atom is 0.331 e. The number of H-pyrrole nitrogens is 1. The number of piperidine rings is 1. The first kappa shape index (κ1) is 11.4. The SMILES string of the molecule is Cc1c(O)n(C2CCCNC2=O)c(=O)[nH]c1=O. The van der Waals surface area contributed by atoms with Gasteiger partial charge in [0.15, 0.2) is 0 Å². The summed E-state index contributed by atoms with van der Waals surface area (Å²) in [5.41, 5.74) is -1.37. The number of carbonyl (C=O) groups is 1. The fourth-order valence-electron chi connectivity index (χ4n) is 1.92. The molecular formula is C10H13N3O4. The van der Waals surface area contributed by atoms with Gasteiger partial charge in [0.05, 0.1) is 5.56 Å². The Labute approximate surface area is 96.1 Å². The van der Waals surface area contributed by atoms with Gasteiger partial charge < -0.3 is 10.4 Å². The first-order chi connectivity index (χ1) is 8.02. The van der Waals surface area contributed by atoms with Crippen molar-refractivity contribution in [2.75, 3.05) is 6.54 Å². The average Bonchev–Trinajstić information content (AvgIpc) is 2.29. The van der Waals surface area contributed by atoms with E-state index < -0.39 is 23.2 Å². The molecule has 1 amide bonds. The highest BCUT2D eigenvalue weighted by atomic mass is 16.3. The molecule has 1 atom stereocenters. The predicted octanol–water partition coefficient (Wildman–Crippen LogP) is -0.998. The van der Waals surface area contributed by atoms with E-state index in [-0.39, 0.29) is 11.5 Å². The number of nitrogens with zero attached hydrogens (tertiary/aromatic N) is 1. The molecular weight excluding hydrogens is 226 g/mol. The third-order valence-electron chi connectivity index (χ3n) is 2.91. The Balaban J connectivity index is 2.59. The summed E-state index contributed by atoms with van der Waals surface area (Å²) in [7, 11) is 0. The Bertz CT molecular complexity index is 572. The van der Waals surface area contributed by atoms with Gasteiger partial charge in [-0.15, -0.1) is 0 Å². The van der Waals surface area contributed by atoms with E-state index in [1.54, 1.807) is 0 Å². The summed E-state index contributed by atoms with van der Waals surface area (Å²) in [5.74, 6) is -0.763. The Morgan fingerprint density at radius 3 is 2.71 bits per heavy atom. The Morgan fingerprint density at radius 2 is 2.06 bits per heavy atom. The quantitative estimate of drug-likeness (QED) is 0.584. The van der Waals surface area contributed by atoms with E-state index in [0.29, 0.717) is 13.0 Å². The first-order valence-electron chi connectivity index (χ1n) is 5.34. The summed E-state index contributed by atoms with van der Waals surface area (Å²) in [4.78, 5) is 36.6. The van der Waals surface area contributed by atoms with Crippen LogP contribution in [0.3, 0.4) is 0 Å². The summed E-state index contributed by atoms with van der Waals surface area (Å²) >= 11 is 0. The first-order valence-corrected chi connectivity index (χ1v) is 5.34. The number of aromatic nitrogens is 2. The van der Waals surface area contributed by atoms with Crippen LogP contribution < -0.4 is 16.6 Å². The van der Waals surface area contributed by atoms with Gasteiger partial charge in [-0.1, -0.05) is 0 Å².